The molecule has 0 aliphatic carbocycles. The first-order chi connectivity index (χ1) is 13.6. The Kier molecular flexibility index (Phi) is 5.96. The molecule has 2 aromatic rings. The molecule has 0 radical (unpaired) electrons. The molecule has 1 N–H and O–H groups in total. The molecule has 0 bridgehead atoms. The largest absolute Gasteiger partial charge is 0.496 e. The number of nitrogens with one attached hydrogen (secondary N) is 1. The van der Waals surface area contributed by atoms with Gasteiger partial charge in [0.15, 0.2) is 11.5 Å². The molecule has 0 saturated heterocycles. The van der Waals surface area contributed by atoms with Crippen molar-refractivity contribution < 1.29 is 28.5 Å². The van der Waals surface area contributed by atoms with E-state index in [1.165, 1.54) is 19.3 Å². The fourth-order valence-electron chi connectivity index (χ4n) is 2.55. The van der Waals surface area contributed by atoms with Crippen LogP contribution in [-0.4, -0.2) is 32.4 Å². The maximum Gasteiger partial charge on any atom is 0.355 e. The topological polar surface area (TPSA) is 83.1 Å². The summed E-state index contributed by atoms with van der Waals surface area (Å²) in [4.78, 5) is 25.1. The number of rotatable bonds is 7. The van der Waals surface area contributed by atoms with E-state index in [0.717, 1.165) is 0 Å². The fraction of sp³-hybridized carbons (Fsp3) is 0.143. The van der Waals surface area contributed by atoms with Gasteiger partial charge in [0, 0.05) is 0 Å². The van der Waals surface area contributed by atoms with Crippen molar-refractivity contribution in [2.45, 2.75) is 0 Å². The minimum atomic E-state index is -0.694. The van der Waals surface area contributed by atoms with Crippen molar-refractivity contribution in [2.75, 3.05) is 20.5 Å². The average Bonchev–Trinajstić information content (AvgIpc) is 3.19. The molecule has 0 spiro atoms. The van der Waals surface area contributed by atoms with E-state index < -0.39 is 11.9 Å². The Labute approximate surface area is 162 Å². The highest BCUT2D eigenvalue weighted by atomic mass is 16.7. The number of ether oxygens (including phenoxy) is 4. The number of carbonyl (C=O) groups is 2. The molecule has 0 aromatic heterocycles. The van der Waals surface area contributed by atoms with Crippen LogP contribution in [0.25, 0.3) is 6.08 Å². The zero-order chi connectivity index (χ0) is 19.9. The number of esters is 1. The lowest BCUT2D eigenvalue weighted by Crippen LogP contribution is -2.29. The summed E-state index contributed by atoms with van der Waals surface area (Å²) in [7, 11) is 1.47. The van der Waals surface area contributed by atoms with Crippen molar-refractivity contribution in [3.8, 4) is 17.2 Å². The highest BCUT2D eigenvalue weighted by Crippen LogP contribution is 2.33. The number of para-hydroxylation sites is 1. The summed E-state index contributed by atoms with van der Waals surface area (Å²) < 4.78 is 20.9. The minimum Gasteiger partial charge on any atom is -0.496 e. The molecule has 1 amide bonds. The van der Waals surface area contributed by atoms with E-state index in [9.17, 15) is 9.59 Å². The predicted octanol–water partition coefficient (Wildman–Crippen LogP) is 2.92. The third-order valence-electron chi connectivity index (χ3n) is 3.86. The second-order valence-corrected chi connectivity index (χ2v) is 5.71. The smallest absolute Gasteiger partial charge is 0.355 e. The van der Waals surface area contributed by atoms with Gasteiger partial charge in [0.25, 0.3) is 5.91 Å². The third-order valence-corrected chi connectivity index (χ3v) is 3.86. The van der Waals surface area contributed by atoms with Gasteiger partial charge in [-0.1, -0.05) is 30.9 Å². The summed E-state index contributed by atoms with van der Waals surface area (Å²) in [6.45, 7) is 3.67. The van der Waals surface area contributed by atoms with E-state index in [0.29, 0.717) is 22.8 Å². The van der Waals surface area contributed by atoms with Crippen LogP contribution in [-0.2, 0) is 9.53 Å². The molecule has 1 aliphatic heterocycles. The van der Waals surface area contributed by atoms with Crippen molar-refractivity contribution in [1.29, 1.82) is 0 Å². The quantitative estimate of drug-likeness (QED) is 0.451. The highest BCUT2D eigenvalue weighted by molar-refractivity contribution is 6.04. The van der Waals surface area contributed by atoms with Crippen LogP contribution in [0.1, 0.15) is 15.9 Å². The number of amides is 1. The van der Waals surface area contributed by atoms with Gasteiger partial charge in [-0.15, -0.1) is 0 Å². The van der Waals surface area contributed by atoms with Crippen molar-refractivity contribution in [1.82, 2.24) is 5.32 Å². The van der Waals surface area contributed by atoms with Crippen molar-refractivity contribution >= 4 is 18.0 Å². The molecule has 0 saturated carbocycles. The van der Waals surface area contributed by atoms with E-state index >= 15 is 0 Å². The maximum absolute atomic E-state index is 12.7. The van der Waals surface area contributed by atoms with E-state index in [-0.39, 0.29) is 24.7 Å². The highest BCUT2D eigenvalue weighted by Gasteiger charge is 2.19. The molecular formula is C21H19NO6. The van der Waals surface area contributed by atoms with Crippen LogP contribution in [0, 0.1) is 0 Å². The second kappa shape index (κ2) is 8.77. The van der Waals surface area contributed by atoms with Crippen LogP contribution in [0.2, 0.25) is 0 Å². The zero-order valence-electron chi connectivity index (χ0n) is 15.3. The Morgan fingerprint density at radius 1 is 1.18 bits per heavy atom. The first-order valence-electron chi connectivity index (χ1n) is 8.46. The van der Waals surface area contributed by atoms with Crippen LogP contribution in [0.5, 0.6) is 17.2 Å². The lowest BCUT2D eigenvalue weighted by molar-refractivity contribution is -0.138. The normalized spacial score (nSPS) is 12.2. The number of fused-ring (bicyclic) bond motifs is 1. The Morgan fingerprint density at radius 2 is 1.96 bits per heavy atom. The zero-order valence-corrected chi connectivity index (χ0v) is 15.3. The van der Waals surface area contributed by atoms with Crippen molar-refractivity contribution in [3.05, 3.63) is 71.9 Å². The van der Waals surface area contributed by atoms with Crippen LogP contribution >= 0.6 is 0 Å². The first kappa shape index (κ1) is 19.0. The van der Waals surface area contributed by atoms with Gasteiger partial charge in [-0.25, -0.2) is 4.79 Å². The Balaban J connectivity index is 1.89. The maximum atomic E-state index is 12.7. The molecule has 7 nitrogen and oxygen atoms in total. The summed E-state index contributed by atoms with van der Waals surface area (Å²) in [5, 5.41) is 2.59. The SMILES string of the molecule is C=CCOC(=O)/C(=C\c1ccc2c(c1)OCO2)NC(=O)c1ccccc1OC. The predicted molar refractivity (Wildman–Crippen MR) is 102 cm³/mol. The van der Waals surface area contributed by atoms with Crippen molar-refractivity contribution in [3.63, 3.8) is 0 Å². The molecule has 0 unspecified atom stereocenters. The fourth-order valence-corrected chi connectivity index (χ4v) is 2.55. The minimum absolute atomic E-state index is 0.0157. The summed E-state index contributed by atoms with van der Waals surface area (Å²) in [5.41, 5.74) is 0.893. The summed E-state index contributed by atoms with van der Waals surface area (Å²) in [6.07, 6.45) is 2.94. The van der Waals surface area contributed by atoms with Crippen LogP contribution in [0.3, 0.4) is 0 Å². The van der Waals surface area contributed by atoms with Gasteiger partial charge in [0.2, 0.25) is 6.79 Å². The molecule has 1 heterocycles. The monoisotopic (exact) mass is 381 g/mol. The van der Waals surface area contributed by atoms with E-state index in [2.05, 4.69) is 11.9 Å². The van der Waals surface area contributed by atoms with Gasteiger partial charge in [0.1, 0.15) is 18.1 Å². The van der Waals surface area contributed by atoms with Crippen LogP contribution < -0.4 is 19.5 Å². The van der Waals surface area contributed by atoms with E-state index in [1.54, 1.807) is 42.5 Å². The molecular weight excluding hydrogens is 362 g/mol. The molecule has 0 atom stereocenters. The molecule has 7 heteroatoms. The van der Waals surface area contributed by atoms with Gasteiger partial charge in [-0.3, -0.25) is 4.79 Å². The number of hydrogen-bond donors (Lipinski definition) is 1. The molecule has 28 heavy (non-hydrogen) atoms. The number of benzene rings is 2. The van der Waals surface area contributed by atoms with Crippen LogP contribution in [0.15, 0.2) is 60.8 Å². The lowest BCUT2D eigenvalue weighted by atomic mass is 10.1. The van der Waals surface area contributed by atoms with Crippen molar-refractivity contribution in [2.24, 2.45) is 0 Å². The van der Waals surface area contributed by atoms with E-state index in [4.69, 9.17) is 18.9 Å². The van der Waals surface area contributed by atoms with E-state index in [1.807, 2.05) is 0 Å². The van der Waals surface area contributed by atoms with Crippen LogP contribution in [0.4, 0.5) is 0 Å². The summed E-state index contributed by atoms with van der Waals surface area (Å²) >= 11 is 0. The molecule has 2 aromatic carbocycles. The lowest BCUT2D eigenvalue weighted by Gasteiger charge is -2.12. The standard InChI is InChI=1S/C21H19NO6/c1-3-10-26-21(24)16(11-14-8-9-18-19(12-14)28-13-27-18)22-20(23)15-6-4-5-7-17(15)25-2/h3-9,11-12H,1,10,13H2,2H3,(H,22,23)/b16-11+. The number of methoxy groups -OCH3 is 1. The summed E-state index contributed by atoms with van der Waals surface area (Å²) in [6, 6.07) is 11.9. The summed E-state index contributed by atoms with van der Waals surface area (Å²) in [5.74, 6) is 0.373. The number of carbonyl (C=O) groups excluding carboxylic acids is 2. The van der Waals surface area contributed by atoms with Gasteiger partial charge in [0.05, 0.1) is 12.7 Å². The van der Waals surface area contributed by atoms with Gasteiger partial charge in [-0.05, 0) is 35.9 Å². The third kappa shape index (κ3) is 4.32. The first-order valence-corrected chi connectivity index (χ1v) is 8.46. The molecule has 144 valence electrons. The Morgan fingerprint density at radius 3 is 2.75 bits per heavy atom. The van der Waals surface area contributed by atoms with Gasteiger partial charge < -0.3 is 24.3 Å². The van der Waals surface area contributed by atoms with Gasteiger partial charge >= 0.3 is 5.97 Å². The van der Waals surface area contributed by atoms with Gasteiger partial charge in [-0.2, -0.15) is 0 Å². The Bertz CT molecular complexity index is 934. The molecule has 3 rings (SSSR count). The second-order valence-electron chi connectivity index (χ2n) is 5.71. The number of hydrogen-bond acceptors (Lipinski definition) is 6. The molecule has 0 fully saturated rings. The Hall–Kier alpha value is -3.74. The molecule has 1 aliphatic rings. The average molecular weight is 381 g/mol.